The van der Waals surface area contributed by atoms with Gasteiger partial charge in [-0.3, -0.25) is 0 Å². The first-order chi connectivity index (χ1) is 10.3. The molecule has 114 valence electrons. The molecule has 21 heavy (non-hydrogen) atoms. The smallest absolute Gasteiger partial charge is 0.174 e. The number of hydrogen-bond donors (Lipinski definition) is 0. The Balaban J connectivity index is 1.72. The highest BCUT2D eigenvalue weighted by molar-refractivity contribution is 9.10. The summed E-state index contributed by atoms with van der Waals surface area (Å²) in [4.78, 5) is 1.26. The normalized spacial score (nSPS) is 10.8. The number of halogens is 1. The number of rotatable bonds is 9. The van der Waals surface area contributed by atoms with Gasteiger partial charge in [0.1, 0.15) is 0 Å². The van der Waals surface area contributed by atoms with Gasteiger partial charge in [0.15, 0.2) is 5.06 Å². The van der Waals surface area contributed by atoms with Crippen LogP contribution in [0.4, 0.5) is 0 Å². The summed E-state index contributed by atoms with van der Waals surface area (Å²) < 4.78 is 6.96. The van der Waals surface area contributed by atoms with Crippen LogP contribution in [0.15, 0.2) is 40.9 Å². The third-order valence-electron chi connectivity index (χ3n) is 3.45. The third kappa shape index (κ3) is 5.84. The van der Waals surface area contributed by atoms with Gasteiger partial charge < -0.3 is 4.74 Å². The number of hydrogen-bond acceptors (Lipinski definition) is 2. The molecule has 0 aliphatic rings. The first kappa shape index (κ1) is 16.6. The van der Waals surface area contributed by atoms with Crippen LogP contribution in [0.25, 0.3) is 10.4 Å². The fraction of sp³-hybridized carbons (Fsp3) is 0.444. The topological polar surface area (TPSA) is 9.23 Å². The van der Waals surface area contributed by atoms with E-state index < -0.39 is 0 Å². The second-order valence-corrected chi connectivity index (χ2v) is 7.20. The van der Waals surface area contributed by atoms with Crippen molar-refractivity contribution in [3.63, 3.8) is 0 Å². The van der Waals surface area contributed by atoms with E-state index in [-0.39, 0.29) is 0 Å². The number of benzene rings is 1. The molecule has 0 fully saturated rings. The first-order valence-corrected chi connectivity index (χ1v) is 9.39. The zero-order valence-corrected chi connectivity index (χ0v) is 15.0. The van der Waals surface area contributed by atoms with E-state index in [1.807, 2.05) is 0 Å². The van der Waals surface area contributed by atoms with Crippen molar-refractivity contribution in [1.82, 2.24) is 0 Å². The van der Waals surface area contributed by atoms with E-state index in [1.54, 1.807) is 11.3 Å². The first-order valence-electron chi connectivity index (χ1n) is 7.78. The Morgan fingerprint density at radius 2 is 1.62 bits per heavy atom. The van der Waals surface area contributed by atoms with Gasteiger partial charge in [0.2, 0.25) is 0 Å². The number of ether oxygens (including phenoxy) is 1. The van der Waals surface area contributed by atoms with Gasteiger partial charge in [-0.15, -0.1) is 0 Å². The molecule has 0 bridgehead atoms. The van der Waals surface area contributed by atoms with E-state index in [9.17, 15) is 0 Å². The van der Waals surface area contributed by atoms with Gasteiger partial charge in [0.25, 0.3) is 0 Å². The second-order valence-electron chi connectivity index (χ2n) is 5.24. The quantitative estimate of drug-likeness (QED) is 0.437. The predicted octanol–water partition coefficient (Wildman–Crippen LogP) is 6.92. The highest BCUT2D eigenvalue weighted by Gasteiger charge is 2.03. The summed E-state index contributed by atoms with van der Waals surface area (Å²) in [5.41, 5.74) is 1.25. The van der Waals surface area contributed by atoms with E-state index in [0.29, 0.717) is 0 Å². The molecule has 0 aliphatic heterocycles. The lowest BCUT2D eigenvalue weighted by Gasteiger charge is -2.03. The lowest BCUT2D eigenvalue weighted by Crippen LogP contribution is -1.95. The van der Waals surface area contributed by atoms with Crippen LogP contribution in [0.1, 0.15) is 45.4 Å². The van der Waals surface area contributed by atoms with Gasteiger partial charge in [-0.1, -0.05) is 78.4 Å². The summed E-state index contributed by atoms with van der Waals surface area (Å²) in [7, 11) is 0. The molecule has 1 nitrogen and oxygen atoms in total. The maximum atomic E-state index is 5.85. The minimum atomic E-state index is 0.840. The molecule has 2 rings (SSSR count). The van der Waals surface area contributed by atoms with Crippen LogP contribution in [0.3, 0.4) is 0 Å². The van der Waals surface area contributed by atoms with Gasteiger partial charge in [0, 0.05) is 9.35 Å². The highest BCUT2D eigenvalue weighted by atomic mass is 79.9. The average Bonchev–Trinajstić information content (AvgIpc) is 2.96. The summed E-state index contributed by atoms with van der Waals surface area (Å²) in [5.74, 6) is 0. The van der Waals surface area contributed by atoms with Crippen LogP contribution in [0.2, 0.25) is 0 Å². The molecular formula is C18H23BrOS. The fourth-order valence-electron chi connectivity index (χ4n) is 2.22. The van der Waals surface area contributed by atoms with E-state index in [2.05, 4.69) is 59.3 Å². The molecule has 1 heterocycles. The van der Waals surface area contributed by atoms with Crippen molar-refractivity contribution in [2.24, 2.45) is 0 Å². The zero-order valence-electron chi connectivity index (χ0n) is 12.6. The van der Waals surface area contributed by atoms with Gasteiger partial charge in [-0.2, -0.15) is 0 Å². The van der Waals surface area contributed by atoms with Crippen molar-refractivity contribution in [3.05, 3.63) is 40.9 Å². The average molecular weight is 367 g/mol. The molecule has 0 amide bonds. The van der Waals surface area contributed by atoms with Crippen molar-refractivity contribution in [2.75, 3.05) is 6.61 Å². The summed E-state index contributed by atoms with van der Waals surface area (Å²) in [6.45, 7) is 3.09. The van der Waals surface area contributed by atoms with Crippen molar-refractivity contribution < 1.29 is 4.74 Å². The molecule has 0 saturated carbocycles. The lowest BCUT2D eigenvalue weighted by atomic mass is 10.1. The minimum Gasteiger partial charge on any atom is -0.484 e. The maximum Gasteiger partial charge on any atom is 0.174 e. The summed E-state index contributed by atoms with van der Waals surface area (Å²) >= 11 is 5.19. The SMILES string of the molecule is CCCCCCCCOc1ccc(-c2ccc(Br)cc2)s1. The van der Waals surface area contributed by atoms with Crippen LogP contribution in [-0.2, 0) is 0 Å². The maximum absolute atomic E-state index is 5.85. The van der Waals surface area contributed by atoms with Crippen LogP contribution < -0.4 is 4.74 Å². The summed E-state index contributed by atoms with van der Waals surface area (Å²) in [5, 5.41) is 1.03. The van der Waals surface area contributed by atoms with E-state index >= 15 is 0 Å². The molecule has 1 aromatic carbocycles. The molecular weight excluding hydrogens is 344 g/mol. The van der Waals surface area contributed by atoms with Crippen LogP contribution in [0.5, 0.6) is 5.06 Å². The van der Waals surface area contributed by atoms with Gasteiger partial charge in [0.05, 0.1) is 6.61 Å². The molecule has 0 radical (unpaired) electrons. The Hall–Kier alpha value is -0.800. The Morgan fingerprint density at radius 3 is 2.38 bits per heavy atom. The number of thiophene rings is 1. The van der Waals surface area contributed by atoms with E-state index in [0.717, 1.165) is 22.6 Å². The molecule has 0 unspecified atom stereocenters. The Bertz CT molecular complexity index is 518. The zero-order chi connectivity index (χ0) is 14.9. The van der Waals surface area contributed by atoms with E-state index in [1.165, 1.54) is 42.5 Å². The van der Waals surface area contributed by atoms with Crippen LogP contribution in [-0.4, -0.2) is 6.61 Å². The van der Waals surface area contributed by atoms with E-state index in [4.69, 9.17) is 4.74 Å². The molecule has 1 aromatic heterocycles. The molecule has 0 aliphatic carbocycles. The molecule has 0 N–H and O–H groups in total. The molecule has 3 heteroatoms. The third-order valence-corrected chi connectivity index (χ3v) is 5.03. The van der Waals surface area contributed by atoms with Crippen LogP contribution in [0, 0.1) is 0 Å². The largest absolute Gasteiger partial charge is 0.484 e. The van der Waals surface area contributed by atoms with Gasteiger partial charge in [-0.25, -0.2) is 0 Å². The molecule has 0 atom stereocenters. The summed E-state index contributed by atoms with van der Waals surface area (Å²) in [6, 6.07) is 12.6. The Labute approximate surface area is 140 Å². The standard InChI is InChI=1S/C18H23BrOS/c1-2-3-4-5-6-7-14-20-18-13-12-17(21-18)15-8-10-16(19)11-9-15/h8-13H,2-7,14H2,1H3. The predicted molar refractivity (Wildman–Crippen MR) is 96.3 cm³/mol. The lowest BCUT2D eigenvalue weighted by molar-refractivity contribution is 0.313. The summed E-state index contributed by atoms with van der Waals surface area (Å²) in [6.07, 6.45) is 7.82. The van der Waals surface area contributed by atoms with Crippen molar-refractivity contribution >= 4 is 27.3 Å². The van der Waals surface area contributed by atoms with Crippen molar-refractivity contribution in [2.45, 2.75) is 45.4 Å². The number of unbranched alkanes of at least 4 members (excludes halogenated alkanes) is 5. The van der Waals surface area contributed by atoms with Gasteiger partial charge in [-0.05, 0) is 36.2 Å². The van der Waals surface area contributed by atoms with Crippen molar-refractivity contribution in [3.8, 4) is 15.5 Å². The highest BCUT2D eigenvalue weighted by Crippen LogP contribution is 2.33. The second kappa shape index (κ2) is 9.26. The fourth-order valence-corrected chi connectivity index (χ4v) is 3.37. The molecule has 2 aromatic rings. The Kier molecular flexibility index (Phi) is 7.31. The Morgan fingerprint density at radius 1 is 0.905 bits per heavy atom. The molecule has 0 saturated heterocycles. The minimum absolute atomic E-state index is 0.840. The monoisotopic (exact) mass is 366 g/mol. The van der Waals surface area contributed by atoms with Gasteiger partial charge >= 0.3 is 0 Å². The van der Waals surface area contributed by atoms with Crippen LogP contribution >= 0.6 is 27.3 Å². The molecule has 0 spiro atoms. The van der Waals surface area contributed by atoms with Crippen molar-refractivity contribution in [1.29, 1.82) is 0 Å².